The second-order valence-corrected chi connectivity index (χ2v) is 6.87. The fraction of sp³-hybridized carbons (Fsp3) is 0.562. The highest BCUT2D eigenvalue weighted by Crippen LogP contribution is 2.39. The Morgan fingerprint density at radius 1 is 1.00 bits per heavy atom. The molecule has 1 N–H and O–H groups in total. The van der Waals surface area contributed by atoms with Crippen LogP contribution in [0.5, 0.6) is 5.75 Å². The van der Waals surface area contributed by atoms with E-state index in [-0.39, 0.29) is 10.8 Å². The standard InChI is InChI=1S/C16H23NO/c1-15(2,3)12-9-11(7-8-17)10-13(14(12)18)16(4,5)6/h9-10,18H,7H2,1-6H3. The smallest absolute Gasteiger partial charge is 0.123 e. The summed E-state index contributed by atoms with van der Waals surface area (Å²) in [5.74, 6) is 0.372. The van der Waals surface area contributed by atoms with Gasteiger partial charge in [0.15, 0.2) is 0 Å². The van der Waals surface area contributed by atoms with Crippen molar-refractivity contribution in [3.05, 3.63) is 28.8 Å². The van der Waals surface area contributed by atoms with Crippen molar-refractivity contribution >= 4 is 0 Å². The second kappa shape index (κ2) is 4.65. The normalized spacial score (nSPS) is 12.3. The van der Waals surface area contributed by atoms with Crippen LogP contribution in [0.25, 0.3) is 0 Å². The van der Waals surface area contributed by atoms with Crippen molar-refractivity contribution in [2.75, 3.05) is 0 Å². The fourth-order valence-corrected chi connectivity index (χ4v) is 2.03. The number of hydrogen-bond donors (Lipinski definition) is 1. The number of phenols is 1. The van der Waals surface area contributed by atoms with Crippen molar-refractivity contribution in [1.82, 2.24) is 0 Å². The van der Waals surface area contributed by atoms with E-state index in [9.17, 15) is 5.11 Å². The van der Waals surface area contributed by atoms with Crippen LogP contribution in [0.3, 0.4) is 0 Å². The van der Waals surface area contributed by atoms with Gasteiger partial charge in [-0.3, -0.25) is 0 Å². The van der Waals surface area contributed by atoms with Crippen molar-refractivity contribution in [3.8, 4) is 11.8 Å². The van der Waals surface area contributed by atoms with Gasteiger partial charge in [-0.1, -0.05) is 53.7 Å². The minimum atomic E-state index is -0.129. The molecule has 98 valence electrons. The Hall–Kier alpha value is -1.49. The Morgan fingerprint density at radius 3 is 1.67 bits per heavy atom. The lowest BCUT2D eigenvalue weighted by atomic mass is 9.78. The monoisotopic (exact) mass is 245 g/mol. The van der Waals surface area contributed by atoms with Crippen LogP contribution in [-0.4, -0.2) is 5.11 Å². The summed E-state index contributed by atoms with van der Waals surface area (Å²) in [6, 6.07) is 6.08. The Bertz CT molecular complexity index is 446. The van der Waals surface area contributed by atoms with Gasteiger partial charge >= 0.3 is 0 Å². The molecule has 2 heteroatoms. The number of phenolic OH excluding ortho intramolecular Hbond substituents is 1. The number of hydrogen-bond acceptors (Lipinski definition) is 2. The predicted molar refractivity (Wildman–Crippen MR) is 74.8 cm³/mol. The third-order valence-corrected chi connectivity index (χ3v) is 3.07. The van der Waals surface area contributed by atoms with Crippen molar-refractivity contribution in [2.24, 2.45) is 0 Å². The molecule has 2 nitrogen and oxygen atoms in total. The van der Waals surface area contributed by atoms with Crippen LogP contribution in [0.4, 0.5) is 0 Å². The minimum absolute atomic E-state index is 0.129. The van der Waals surface area contributed by atoms with Crippen LogP contribution >= 0.6 is 0 Å². The molecule has 0 amide bonds. The van der Waals surface area contributed by atoms with Gasteiger partial charge in [-0.05, 0) is 27.5 Å². The molecule has 0 unspecified atom stereocenters. The first-order valence-corrected chi connectivity index (χ1v) is 6.31. The number of aromatic hydroxyl groups is 1. The van der Waals surface area contributed by atoms with E-state index < -0.39 is 0 Å². The lowest BCUT2D eigenvalue weighted by molar-refractivity contribution is 0.423. The van der Waals surface area contributed by atoms with Gasteiger partial charge in [-0.2, -0.15) is 5.26 Å². The zero-order valence-corrected chi connectivity index (χ0v) is 12.3. The molecule has 0 aromatic heterocycles. The van der Waals surface area contributed by atoms with Gasteiger partial charge in [0.1, 0.15) is 5.75 Å². The average molecular weight is 245 g/mol. The van der Waals surface area contributed by atoms with E-state index in [4.69, 9.17) is 5.26 Å². The van der Waals surface area contributed by atoms with E-state index in [1.54, 1.807) is 0 Å². The molecule has 1 aromatic rings. The molecule has 0 aliphatic carbocycles. The Morgan fingerprint density at radius 2 is 1.39 bits per heavy atom. The first-order valence-electron chi connectivity index (χ1n) is 6.31. The maximum Gasteiger partial charge on any atom is 0.123 e. The molecule has 0 radical (unpaired) electrons. The van der Waals surface area contributed by atoms with Gasteiger partial charge in [0.2, 0.25) is 0 Å². The zero-order valence-electron chi connectivity index (χ0n) is 12.3. The summed E-state index contributed by atoms with van der Waals surface area (Å²) < 4.78 is 0. The summed E-state index contributed by atoms with van der Waals surface area (Å²) in [6.45, 7) is 12.4. The third-order valence-electron chi connectivity index (χ3n) is 3.07. The summed E-state index contributed by atoms with van der Waals surface area (Å²) in [4.78, 5) is 0. The van der Waals surface area contributed by atoms with Crippen molar-refractivity contribution < 1.29 is 5.11 Å². The quantitative estimate of drug-likeness (QED) is 0.811. The molecular formula is C16H23NO. The molecule has 0 fully saturated rings. The highest BCUT2D eigenvalue weighted by molar-refractivity contribution is 5.50. The Balaban J connectivity index is 3.55. The third kappa shape index (κ3) is 3.04. The van der Waals surface area contributed by atoms with Crippen molar-refractivity contribution in [2.45, 2.75) is 58.8 Å². The van der Waals surface area contributed by atoms with Gasteiger partial charge < -0.3 is 5.11 Å². The van der Waals surface area contributed by atoms with Gasteiger partial charge in [0.05, 0.1) is 12.5 Å². The van der Waals surface area contributed by atoms with Crippen LogP contribution in [0.2, 0.25) is 0 Å². The van der Waals surface area contributed by atoms with Crippen molar-refractivity contribution in [3.63, 3.8) is 0 Å². The zero-order chi connectivity index (χ0) is 14.1. The lowest BCUT2D eigenvalue weighted by Gasteiger charge is -2.28. The molecular weight excluding hydrogens is 222 g/mol. The summed E-state index contributed by atoms with van der Waals surface area (Å²) in [6.07, 6.45) is 0.381. The number of benzene rings is 1. The number of nitriles is 1. The van der Waals surface area contributed by atoms with E-state index in [2.05, 4.69) is 47.6 Å². The molecule has 0 bridgehead atoms. The predicted octanol–water partition coefficient (Wildman–Crippen LogP) is 4.05. The SMILES string of the molecule is CC(C)(C)c1cc(CC#N)cc(C(C)(C)C)c1O. The molecule has 0 spiro atoms. The van der Waals surface area contributed by atoms with Crippen molar-refractivity contribution in [1.29, 1.82) is 5.26 Å². The maximum atomic E-state index is 10.5. The summed E-state index contributed by atoms with van der Waals surface area (Å²) >= 11 is 0. The van der Waals surface area contributed by atoms with Crippen LogP contribution in [0.15, 0.2) is 12.1 Å². The topological polar surface area (TPSA) is 44.0 Å². The lowest BCUT2D eigenvalue weighted by Crippen LogP contribution is -2.17. The highest BCUT2D eigenvalue weighted by Gasteiger charge is 2.26. The molecule has 1 aromatic carbocycles. The first-order chi connectivity index (χ1) is 8.07. The van der Waals surface area contributed by atoms with Gasteiger partial charge in [0, 0.05) is 0 Å². The summed E-state index contributed by atoms with van der Waals surface area (Å²) in [7, 11) is 0. The van der Waals surface area contributed by atoms with Gasteiger partial charge in [-0.25, -0.2) is 0 Å². The summed E-state index contributed by atoms with van der Waals surface area (Å²) in [5, 5.41) is 19.3. The first kappa shape index (κ1) is 14.6. The van der Waals surface area contributed by atoms with E-state index >= 15 is 0 Å². The average Bonchev–Trinajstić information content (AvgIpc) is 2.17. The van der Waals surface area contributed by atoms with E-state index in [1.807, 2.05) is 12.1 Å². The van der Waals surface area contributed by atoms with E-state index in [0.29, 0.717) is 12.2 Å². The van der Waals surface area contributed by atoms with E-state index in [0.717, 1.165) is 16.7 Å². The molecule has 0 aliphatic heterocycles. The van der Waals surface area contributed by atoms with E-state index in [1.165, 1.54) is 0 Å². The molecule has 0 saturated carbocycles. The summed E-state index contributed by atoms with van der Waals surface area (Å²) in [5.41, 5.74) is 2.55. The minimum Gasteiger partial charge on any atom is -0.507 e. The molecule has 1 rings (SSSR count). The van der Waals surface area contributed by atoms with Gasteiger partial charge in [-0.15, -0.1) is 0 Å². The molecule has 18 heavy (non-hydrogen) atoms. The Kier molecular flexibility index (Phi) is 3.76. The number of rotatable bonds is 1. The largest absolute Gasteiger partial charge is 0.507 e. The maximum absolute atomic E-state index is 10.5. The molecule has 0 heterocycles. The Labute approximate surface area is 110 Å². The number of nitrogens with zero attached hydrogens (tertiary/aromatic N) is 1. The van der Waals surface area contributed by atoms with Crippen LogP contribution in [0, 0.1) is 11.3 Å². The highest BCUT2D eigenvalue weighted by atomic mass is 16.3. The molecule has 0 aliphatic rings. The molecule has 0 atom stereocenters. The second-order valence-electron chi connectivity index (χ2n) is 6.87. The molecule has 0 saturated heterocycles. The van der Waals surface area contributed by atoms with Crippen LogP contribution < -0.4 is 0 Å². The van der Waals surface area contributed by atoms with Crippen LogP contribution in [-0.2, 0) is 17.3 Å². The van der Waals surface area contributed by atoms with Gasteiger partial charge in [0.25, 0.3) is 0 Å². The van der Waals surface area contributed by atoms with Crippen LogP contribution in [0.1, 0.15) is 58.2 Å². The fourth-order valence-electron chi connectivity index (χ4n) is 2.03.